The number of likely N-dealkylation sites (N-methyl/N-ethyl adjacent to an activating group) is 1. The molecule has 1 aliphatic heterocycles. The van der Waals surface area contributed by atoms with Crippen LogP contribution in [0.4, 0.5) is 0 Å². The van der Waals surface area contributed by atoms with Gasteiger partial charge >= 0.3 is 0 Å². The molecule has 0 aromatic heterocycles. The van der Waals surface area contributed by atoms with E-state index in [-0.39, 0.29) is 5.54 Å². The van der Waals surface area contributed by atoms with Crippen LogP contribution in [0.3, 0.4) is 0 Å². The monoisotopic (exact) mass is 224 g/mol. The summed E-state index contributed by atoms with van der Waals surface area (Å²) in [5.41, 5.74) is 3.12. The lowest BCUT2D eigenvalue weighted by atomic mass is 9.96. The maximum absolute atomic E-state index is 2.58. The molecule has 0 amide bonds. The Kier molecular flexibility index (Phi) is 3.73. The molecule has 2 nitrogen and oxygen atoms in total. The van der Waals surface area contributed by atoms with Gasteiger partial charge in [0, 0.05) is 11.7 Å². The number of hydrogen-bond donors (Lipinski definition) is 0. The lowest BCUT2D eigenvalue weighted by Crippen LogP contribution is -2.43. The van der Waals surface area contributed by atoms with Crippen molar-refractivity contribution in [1.29, 1.82) is 0 Å². The molecule has 0 aromatic carbocycles. The molecule has 1 saturated heterocycles. The smallest absolute Gasteiger partial charge is 0.0800 e. The van der Waals surface area contributed by atoms with Crippen molar-refractivity contribution >= 4 is 0 Å². The zero-order valence-corrected chi connectivity index (χ0v) is 12.3. The maximum atomic E-state index is 2.58. The molecule has 1 rings (SSSR count). The van der Waals surface area contributed by atoms with Crippen molar-refractivity contribution in [3.8, 4) is 0 Å². The van der Waals surface area contributed by atoms with Crippen molar-refractivity contribution in [2.24, 2.45) is 0 Å². The van der Waals surface area contributed by atoms with E-state index in [4.69, 9.17) is 0 Å². The minimum Gasteiger partial charge on any atom is -0.355 e. The molecular weight excluding hydrogens is 196 g/mol. The fourth-order valence-electron chi connectivity index (χ4n) is 3.48. The van der Waals surface area contributed by atoms with E-state index in [2.05, 4.69) is 65.2 Å². The van der Waals surface area contributed by atoms with Crippen molar-refractivity contribution in [2.45, 2.75) is 73.1 Å². The Morgan fingerprint density at radius 1 is 1.31 bits per heavy atom. The first kappa shape index (κ1) is 13.6. The van der Waals surface area contributed by atoms with E-state index < -0.39 is 0 Å². The molecule has 1 fully saturated rings. The molecule has 0 bridgehead atoms. The van der Waals surface area contributed by atoms with Gasteiger partial charge in [0.25, 0.3) is 0 Å². The molecule has 1 atom stereocenters. The second-order valence-corrected chi connectivity index (χ2v) is 5.83. The Balaban J connectivity index is 3.27. The summed E-state index contributed by atoms with van der Waals surface area (Å²) in [5, 5.41) is 0. The summed E-state index contributed by atoms with van der Waals surface area (Å²) in [7, 11) is 0. The summed E-state index contributed by atoms with van der Waals surface area (Å²) >= 11 is 0. The number of nitrogens with zero attached hydrogens (tertiary/aromatic N) is 2. The summed E-state index contributed by atoms with van der Waals surface area (Å²) < 4.78 is 0. The molecule has 0 aromatic rings. The normalized spacial score (nSPS) is 25.7. The van der Waals surface area contributed by atoms with Crippen molar-refractivity contribution in [2.75, 3.05) is 6.54 Å². The molecule has 0 spiro atoms. The van der Waals surface area contributed by atoms with Gasteiger partial charge in [0.05, 0.1) is 11.7 Å². The van der Waals surface area contributed by atoms with Gasteiger partial charge < -0.3 is 4.90 Å². The third-order valence-electron chi connectivity index (χ3n) is 3.78. The van der Waals surface area contributed by atoms with Crippen molar-refractivity contribution in [3.05, 3.63) is 11.3 Å². The molecule has 94 valence electrons. The highest BCUT2D eigenvalue weighted by Crippen LogP contribution is 2.41. The molecule has 0 N–H and O–H groups in total. The third-order valence-corrected chi connectivity index (χ3v) is 3.78. The highest BCUT2D eigenvalue weighted by atomic mass is 15.5. The lowest BCUT2D eigenvalue weighted by molar-refractivity contribution is 0.102. The number of hydrogen-bond acceptors (Lipinski definition) is 2. The summed E-state index contributed by atoms with van der Waals surface area (Å²) in [6.07, 6.45) is 0.505. The van der Waals surface area contributed by atoms with Crippen LogP contribution < -0.4 is 0 Å². The highest BCUT2D eigenvalue weighted by Gasteiger charge is 2.46. The molecule has 1 aliphatic rings. The van der Waals surface area contributed by atoms with E-state index in [0.29, 0.717) is 12.2 Å². The average molecular weight is 224 g/mol. The summed E-state index contributed by atoms with van der Waals surface area (Å²) in [6, 6.07) is 0.565. The summed E-state index contributed by atoms with van der Waals surface area (Å²) in [6.45, 7) is 19.4. The van der Waals surface area contributed by atoms with E-state index in [1.165, 1.54) is 11.3 Å². The second kappa shape index (κ2) is 4.40. The molecule has 0 aliphatic carbocycles. The van der Waals surface area contributed by atoms with E-state index in [9.17, 15) is 0 Å². The maximum Gasteiger partial charge on any atom is 0.0800 e. The predicted octanol–water partition coefficient (Wildman–Crippen LogP) is 3.45. The van der Waals surface area contributed by atoms with Gasteiger partial charge in [0.1, 0.15) is 0 Å². The van der Waals surface area contributed by atoms with Crippen LogP contribution in [0.25, 0.3) is 0 Å². The van der Waals surface area contributed by atoms with Gasteiger partial charge in [-0.05, 0) is 55.0 Å². The predicted molar refractivity (Wildman–Crippen MR) is 71.3 cm³/mol. The zero-order chi connectivity index (χ0) is 12.7. The Labute approximate surface area is 101 Å². The molecule has 0 radical (unpaired) electrons. The Hall–Kier alpha value is -0.500. The van der Waals surface area contributed by atoms with Gasteiger partial charge in [0.15, 0.2) is 0 Å². The fraction of sp³-hybridized carbons (Fsp3) is 0.857. The molecule has 1 heterocycles. The van der Waals surface area contributed by atoms with Gasteiger partial charge in [-0.25, -0.2) is 0 Å². The molecule has 2 heteroatoms. The Bertz CT molecular complexity index is 285. The van der Waals surface area contributed by atoms with Crippen molar-refractivity contribution in [1.82, 2.24) is 9.80 Å². The van der Waals surface area contributed by atoms with Crippen LogP contribution in [0.5, 0.6) is 0 Å². The van der Waals surface area contributed by atoms with Crippen LogP contribution in [0.1, 0.15) is 55.4 Å². The van der Waals surface area contributed by atoms with Crippen molar-refractivity contribution in [3.63, 3.8) is 0 Å². The quantitative estimate of drug-likeness (QED) is 0.709. The lowest BCUT2D eigenvalue weighted by Gasteiger charge is -2.32. The van der Waals surface area contributed by atoms with E-state index in [0.717, 1.165) is 6.54 Å². The van der Waals surface area contributed by atoms with Gasteiger partial charge in [0.2, 0.25) is 0 Å². The molecule has 1 unspecified atom stereocenters. The topological polar surface area (TPSA) is 6.48 Å². The average Bonchev–Trinajstić information content (AvgIpc) is 2.32. The Morgan fingerprint density at radius 3 is 2.06 bits per heavy atom. The van der Waals surface area contributed by atoms with Crippen LogP contribution in [0, 0.1) is 0 Å². The summed E-state index contributed by atoms with van der Waals surface area (Å²) in [4.78, 5) is 5.15. The molecule has 0 saturated carbocycles. The van der Waals surface area contributed by atoms with E-state index in [1.807, 2.05) is 0 Å². The van der Waals surface area contributed by atoms with Crippen LogP contribution in [-0.4, -0.2) is 34.1 Å². The second-order valence-electron chi connectivity index (χ2n) is 5.83. The van der Waals surface area contributed by atoms with Gasteiger partial charge in [-0.3, -0.25) is 4.90 Å². The van der Waals surface area contributed by atoms with Gasteiger partial charge in [-0.2, -0.15) is 0 Å². The molecule has 16 heavy (non-hydrogen) atoms. The van der Waals surface area contributed by atoms with Crippen LogP contribution in [-0.2, 0) is 0 Å². The van der Waals surface area contributed by atoms with E-state index >= 15 is 0 Å². The number of allylic oxidation sites excluding steroid dienone is 1. The minimum atomic E-state index is 0.164. The first-order chi connectivity index (χ1) is 7.25. The Morgan fingerprint density at radius 2 is 1.81 bits per heavy atom. The first-order valence-corrected chi connectivity index (χ1v) is 6.48. The van der Waals surface area contributed by atoms with Crippen molar-refractivity contribution < 1.29 is 0 Å². The first-order valence-electron chi connectivity index (χ1n) is 6.48. The largest absolute Gasteiger partial charge is 0.355 e. The van der Waals surface area contributed by atoms with Crippen LogP contribution in [0.15, 0.2) is 11.3 Å². The highest BCUT2D eigenvalue weighted by molar-refractivity contribution is 5.27. The van der Waals surface area contributed by atoms with Crippen LogP contribution >= 0.6 is 0 Å². The van der Waals surface area contributed by atoms with Gasteiger partial charge in [-0.15, -0.1) is 0 Å². The SMILES string of the molecule is CCN1C(C)N(C(C)C)C(=C(C)C)C1(C)C. The van der Waals surface area contributed by atoms with E-state index in [1.54, 1.807) is 0 Å². The molecular formula is C14H28N2. The van der Waals surface area contributed by atoms with Gasteiger partial charge in [-0.1, -0.05) is 12.5 Å². The number of rotatable bonds is 2. The fourth-order valence-corrected chi connectivity index (χ4v) is 3.48. The third kappa shape index (κ3) is 1.88. The van der Waals surface area contributed by atoms with Crippen LogP contribution in [0.2, 0.25) is 0 Å². The summed E-state index contributed by atoms with van der Waals surface area (Å²) in [5.74, 6) is 0. The standard InChI is InChI=1S/C14H28N2/c1-9-15-12(6)16(11(4)5)13(10(2)3)14(15,7)8/h11-12H,9H2,1-8H3. The zero-order valence-electron chi connectivity index (χ0n) is 12.3. The minimum absolute atomic E-state index is 0.164.